The van der Waals surface area contributed by atoms with Gasteiger partial charge in [0.05, 0.1) is 32.3 Å². The van der Waals surface area contributed by atoms with Gasteiger partial charge in [-0.15, -0.1) is 11.3 Å². The molecule has 0 spiro atoms. The molecule has 1 aliphatic rings. The SMILES string of the molecule is COc1ccc(/C(C)=N\NC(=O)Cc2nc(C)cs2)cc1C[NH+]1CCCCC1. The zero-order valence-corrected chi connectivity index (χ0v) is 17.7. The van der Waals surface area contributed by atoms with Crippen LogP contribution in [-0.2, 0) is 17.8 Å². The number of carbonyl (C=O) groups is 1. The fraction of sp³-hybridized carbons (Fsp3) is 0.476. The molecule has 1 aromatic carbocycles. The second-order valence-electron chi connectivity index (χ2n) is 7.31. The van der Waals surface area contributed by atoms with E-state index < -0.39 is 0 Å². The van der Waals surface area contributed by atoms with E-state index in [1.54, 1.807) is 12.0 Å². The van der Waals surface area contributed by atoms with Crippen LogP contribution in [0.3, 0.4) is 0 Å². The van der Waals surface area contributed by atoms with Gasteiger partial charge in [0.15, 0.2) is 0 Å². The Kier molecular flexibility index (Phi) is 7.17. The summed E-state index contributed by atoms with van der Waals surface area (Å²) < 4.78 is 5.56. The molecule has 6 nitrogen and oxygen atoms in total. The zero-order valence-electron chi connectivity index (χ0n) is 16.9. The number of hydrazone groups is 1. The van der Waals surface area contributed by atoms with Crippen molar-refractivity contribution in [1.29, 1.82) is 0 Å². The van der Waals surface area contributed by atoms with Crippen molar-refractivity contribution in [3.05, 3.63) is 45.4 Å². The highest BCUT2D eigenvalue weighted by Crippen LogP contribution is 2.20. The predicted molar refractivity (Wildman–Crippen MR) is 112 cm³/mol. The highest BCUT2D eigenvalue weighted by Gasteiger charge is 2.17. The molecule has 1 saturated heterocycles. The molecule has 0 unspecified atom stereocenters. The molecule has 2 aromatic rings. The van der Waals surface area contributed by atoms with Crippen molar-refractivity contribution < 1.29 is 14.4 Å². The Morgan fingerprint density at radius 3 is 2.79 bits per heavy atom. The average molecular weight is 402 g/mol. The number of carbonyl (C=O) groups excluding carboxylic acids is 1. The smallest absolute Gasteiger partial charge is 0.246 e. The molecule has 1 fully saturated rings. The Morgan fingerprint density at radius 1 is 1.32 bits per heavy atom. The van der Waals surface area contributed by atoms with Crippen molar-refractivity contribution in [1.82, 2.24) is 10.4 Å². The van der Waals surface area contributed by atoms with Crippen LogP contribution in [0.15, 0.2) is 28.7 Å². The molecule has 0 atom stereocenters. The van der Waals surface area contributed by atoms with E-state index in [1.807, 2.05) is 31.4 Å². The minimum atomic E-state index is -0.153. The monoisotopic (exact) mass is 401 g/mol. The van der Waals surface area contributed by atoms with Gasteiger partial charge in [0.25, 0.3) is 0 Å². The van der Waals surface area contributed by atoms with Crippen LogP contribution >= 0.6 is 11.3 Å². The normalized spacial score (nSPS) is 15.5. The van der Waals surface area contributed by atoms with E-state index in [0.29, 0.717) is 0 Å². The van der Waals surface area contributed by atoms with Crippen LogP contribution in [0.5, 0.6) is 5.75 Å². The van der Waals surface area contributed by atoms with E-state index in [4.69, 9.17) is 4.74 Å². The van der Waals surface area contributed by atoms with Gasteiger partial charge < -0.3 is 9.64 Å². The van der Waals surface area contributed by atoms with Crippen molar-refractivity contribution in [2.45, 2.75) is 46.1 Å². The lowest BCUT2D eigenvalue weighted by Crippen LogP contribution is -3.11. The first kappa shape index (κ1) is 20.5. The number of ether oxygens (including phenoxy) is 1. The highest BCUT2D eigenvalue weighted by molar-refractivity contribution is 7.09. The second-order valence-corrected chi connectivity index (χ2v) is 8.25. The predicted octanol–water partition coefficient (Wildman–Crippen LogP) is 2.11. The molecule has 0 radical (unpaired) electrons. The van der Waals surface area contributed by atoms with Crippen LogP contribution < -0.4 is 15.1 Å². The first-order valence-corrected chi connectivity index (χ1v) is 10.7. The number of quaternary nitrogens is 1. The van der Waals surface area contributed by atoms with Crippen LogP contribution in [0.4, 0.5) is 0 Å². The number of hydrogen-bond donors (Lipinski definition) is 2. The maximum atomic E-state index is 12.1. The summed E-state index contributed by atoms with van der Waals surface area (Å²) in [6, 6.07) is 6.12. The number of amides is 1. The Bertz CT molecular complexity index is 841. The third-order valence-electron chi connectivity index (χ3n) is 5.03. The van der Waals surface area contributed by atoms with Gasteiger partial charge in [-0.1, -0.05) is 0 Å². The van der Waals surface area contributed by atoms with Gasteiger partial charge in [0, 0.05) is 16.6 Å². The summed E-state index contributed by atoms with van der Waals surface area (Å²) in [7, 11) is 1.71. The molecule has 2 heterocycles. The maximum Gasteiger partial charge on any atom is 0.246 e. The lowest BCUT2D eigenvalue weighted by molar-refractivity contribution is -0.918. The number of aromatic nitrogens is 1. The van der Waals surface area contributed by atoms with Gasteiger partial charge in [-0.3, -0.25) is 4.79 Å². The third-order valence-corrected chi connectivity index (χ3v) is 5.99. The standard InChI is InChI=1S/C21H28N4O2S/c1-15-14-28-21(22-15)12-20(26)24-23-16(2)17-7-8-19(27-3)18(11-17)13-25-9-5-4-6-10-25/h7-8,11,14H,4-6,9-10,12-13H2,1-3H3,(H,24,26)/p+1/b23-16-. The summed E-state index contributed by atoms with van der Waals surface area (Å²) in [6.45, 7) is 7.22. The molecular weight excluding hydrogens is 372 g/mol. The van der Waals surface area contributed by atoms with Gasteiger partial charge >= 0.3 is 0 Å². The quantitative estimate of drug-likeness (QED) is 0.552. The maximum absolute atomic E-state index is 12.1. The molecule has 150 valence electrons. The van der Waals surface area contributed by atoms with Crippen molar-refractivity contribution >= 4 is 23.0 Å². The molecule has 2 N–H and O–H groups in total. The van der Waals surface area contributed by atoms with Crippen LogP contribution in [0, 0.1) is 6.92 Å². The molecular formula is C21H29N4O2S+. The molecule has 0 saturated carbocycles. The molecule has 28 heavy (non-hydrogen) atoms. The van der Waals surface area contributed by atoms with E-state index in [1.165, 1.54) is 49.3 Å². The first-order valence-electron chi connectivity index (χ1n) is 9.80. The Morgan fingerprint density at radius 2 is 2.11 bits per heavy atom. The molecule has 1 aromatic heterocycles. The molecule has 1 amide bonds. The van der Waals surface area contributed by atoms with Gasteiger partial charge in [-0.25, -0.2) is 10.4 Å². The molecule has 3 rings (SSSR count). The van der Waals surface area contributed by atoms with Crippen molar-refractivity contribution in [2.75, 3.05) is 20.2 Å². The molecule has 1 aliphatic heterocycles. The average Bonchev–Trinajstić information content (AvgIpc) is 3.11. The minimum Gasteiger partial charge on any atom is -0.496 e. The second kappa shape index (κ2) is 9.80. The Labute approximate surface area is 170 Å². The first-order chi connectivity index (χ1) is 13.5. The lowest BCUT2D eigenvalue weighted by Gasteiger charge is -2.24. The number of aryl methyl sites for hydroxylation is 1. The minimum absolute atomic E-state index is 0.153. The Balaban J connectivity index is 1.66. The number of hydrogen-bond acceptors (Lipinski definition) is 5. The van der Waals surface area contributed by atoms with Crippen LogP contribution in [0.1, 0.15) is 48.0 Å². The Hall–Kier alpha value is -2.25. The summed E-state index contributed by atoms with van der Waals surface area (Å²) in [5.74, 6) is 0.762. The number of rotatable bonds is 7. The summed E-state index contributed by atoms with van der Waals surface area (Å²) in [5, 5.41) is 7.04. The highest BCUT2D eigenvalue weighted by atomic mass is 32.1. The van der Waals surface area contributed by atoms with Gasteiger partial charge in [0.1, 0.15) is 17.3 Å². The van der Waals surface area contributed by atoms with Crippen molar-refractivity contribution in [2.24, 2.45) is 5.10 Å². The largest absolute Gasteiger partial charge is 0.496 e. The molecule has 0 bridgehead atoms. The number of methoxy groups -OCH3 is 1. The summed E-state index contributed by atoms with van der Waals surface area (Å²) in [4.78, 5) is 18.0. The summed E-state index contributed by atoms with van der Waals surface area (Å²) >= 11 is 1.49. The van der Waals surface area contributed by atoms with Gasteiger partial charge in [-0.05, 0) is 56.9 Å². The van der Waals surface area contributed by atoms with Crippen LogP contribution in [-0.4, -0.2) is 36.8 Å². The lowest BCUT2D eigenvalue weighted by atomic mass is 10.0. The van der Waals surface area contributed by atoms with Crippen molar-refractivity contribution in [3.63, 3.8) is 0 Å². The summed E-state index contributed by atoms with van der Waals surface area (Å²) in [6.07, 6.45) is 4.18. The van der Waals surface area contributed by atoms with E-state index >= 15 is 0 Å². The van der Waals surface area contributed by atoms with Gasteiger partial charge in [0.2, 0.25) is 5.91 Å². The van der Waals surface area contributed by atoms with E-state index in [-0.39, 0.29) is 12.3 Å². The van der Waals surface area contributed by atoms with E-state index in [2.05, 4.69) is 21.6 Å². The number of likely N-dealkylation sites (tertiary alicyclic amines) is 1. The fourth-order valence-electron chi connectivity index (χ4n) is 3.51. The zero-order chi connectivity index (χ0) is 19.9. The number of benzene rings is 1. The molecule has 7 heteroatoms. The number of thiazole rings is 1. The van der Waals surface area contributed by atoms with E-state index in [9.17, 15) is 4.79 Å². The third kappa shape index (κ3) is 5.62. The van der Waals surface area contributed by atoms with Crippen LogP contribution in [0.25, 0.3) is 0 Å². The number of piperidine rings is 1. The number of nitrogens with zero attached hydrogens (tertiary/aromatic N) is 2. The van der Waals surface area contributed by atoms with Gasteiger partial charge in [-0.2, -0.15) is 5.10 Å². The van der Waals surface area contributed by atoms with Crippen molar-refractivity contribution in [3.8, 4) is 5.75 Å². The topological polar surface area (TPSA) is 68.0 Å². The fourth-order valence-corrected chi connectivity index (χ4v) is 4.28. The number of nitrogens with one attached hydrogen (secondary N) is 2. The summed E-state index contributed by atoms with van der Waals surface area (Å²) in [5.41, 5.74) is 6.55. The molecule has 0 aliphatic carbocycles. The van der Waals surface area contributed by atoms with Crippen LogP contribution in [0.2, 0.25) is 0 Å². The van der Waals surface area contributed by atoms with E-state index in [0.717, 1.165) is 34.3 Å².